The fourth-order valence-corrected chi connectivity index (χ4v) is 2.48. The molecule has 0 bridgehead atoms. The summed E-state index contributed by atoms with van der Waals surface area (Å²) in [5.74, 6) is 1.73. The van der Waals surface area contributed by atoms with Crippen molar-refractivity contribution >= 4 is 0 Å². The van der Waals surface area contributed by atoms with Crippen LogP contribution in [0.5, 0.6) is 0 Å². The van der Waals surface area contributed by atoms with E-state index in [9.17, 15) is 0 Å². The van der Waals surface area contributed by atoms with Crippen LogP contribution in [0.4, 0.5) is 0 Å². The molecule has 4 heteroatoms. The first-order valence-electron chi connectivity index (χ1n) is 6.47. The van der Waals surface area contributed by atoms with Crippen LogP contribution in [0, 0.1) is 11.8 Å². The molecule has 1 aliphatic rings. The molecule has 4 nitrogen and oxygen atoms in total. The van der Waals surface area contributed by atoms with Gasteiger partial charge in [-0.25, -0.2) is 0 Å². The van der Waals surface area contributed by atoms with E-state index in [1.807, 2.05) is 0 Å². The number of likely N-dealkylation sites (tertiary alicyclic amines) is 1. The van der Waals surface area contributed by atoms with E-state index in [4.69, 9.17) is 5.53 Å². The molecule has 1 atom stereocenters. The van der Waals surface area contributed by atoms with Crippen LogP contribution in [-0.2, 0) is 0 Å². The smallest absolute Gasteiger partial charge is 0.0270 e. The average Bonchev–Trinajstić information content (AvgIpc) is 2.50. The van der Waals surface area contributed by atoms with Crippen LogP contribution in [0.1, 0.15) is 39.5 Å². The van der Waals surface area contributed by atoms with Gasteiger partial charge in [0.05, 0.1) is 0 Å². The van der Waals surface area contributed by atoms with Crippen LogP contribution < -0.4 is 0 Å². The normalized spacial score (nSPS) is 22.8. The van der Waals surface area contributed by atoms with Gasteiger partial charge in [-0.05, 0) is 62.7 Å². The topological polar surface area (TPSA) is 52.0 Å². The first-order chi connectivity index (χ1) is 7.74. The zero-order chi connectivity index (χ0) is 11.8. The molecule has 92 valence electrons. The lowest BCUT2D eigenvalue weighted by atomic mass is 9.89. The third-order valence-electron chi connectivity index (χ3n) is 3.60. The Balaban J connectivity index is 2.22. The molecule has 16 heavy (non-hydrogen) atoms. The minimum atomic E-state index is 0.639. The fourth-order valence-electron chi connectivity index (χ4n) is 2.48. The Hall–Kier alpha value is -0.730. The van der Waals surface area contributed by atoms with E-state index in [0.29, 0.717) is 6.54 Å². The Bertz CT molecular complexity index is 233. The Morgan fingerprint density at radius 2 is 2.19 bits per heavy atom. The minimum absolute atomic E-state index is 0.639. The molecule has 1 fully saturated rings. The summed E-state index contributed by atoms with van der Waals surface area (Å²) < 4.78 is 0. The molecular formula is C12H24N4. The monoisotopic (exact) mass is 224 g/mol. The minimum Gasteiger partial charge on any atom is -0.303 e. The number of hydrogen-bond donors (Lipinski definition) is 0. The Morgan fingerprint density at radius 1 is 1.38 bits per heavy atom. The average molecular weight is 224 g/mol. The van der Waals surface area contributed by atoms with Crippen molar-refractivity contribution in [1.29, 1.82) is 0 Å². The molecule has 0 N–H and O–H groups in total. The van der Waals surface area contributed by atoms with Crippen molar-refractivity contribution in [3.05, 3.63) is 10.4 Å². The van der Waals surface area contributed by atoms with Gasteiger partial charge in [0.2, 0.25) is 0 Å². The van der Waals surface area contributed by atoms with Gasteiger partial charge >= 0.3 is 0 Å². The standard InChI is InChI=1S/C12H24N4/c1-11(2)12-5-3-8-16(10-6-12)9-4-7-14-15-13/h11-12H,3-10H2,1-2H3. The van der Waals surface area contributed by atoms with Crippen molar-refractivity contribution in [1.82, 2.24) is 4.90 Å². The van der Waals surface area contributed by atoms with E-state index in [2.05, 4.69) is 28.8 Å². The van der Waals surface area contributed by atoms with Crippen LogP contribution in [0.3, 0.4) is 0 Å². The number of nitrogens with zero attached hydrogens (tertiary/aromatic N) is 4. The van der Waals surface area contributed by atoms with Crippen LogP contribution in [-0.4, -0.2) is 31.1 Å². The maximum Gasteiger partial charge on any atom is 0.0270 e. The lowest BCUT2D eigenvalue weighted by Crippen LogP contribution is -2.26. The predicted octanol–water partition coefficient (Wildman–Crippen LogP) is 3.44. The van der Waals surface area contributed by atoms with E-state index in [1.165, 1.54) is 32.4 Å². The molecule has 1 rings (SSSR count). The quantitative estimate of drug-likeness (QED) is 0.305. The van der Waals surface area contributed by atoms with Gasteiger partial charge in [0.25, 0.3) is 0 Å². The van der Waals surface area contributed by atoms with Crippen LogP contribution >= 0.6 is 0 Å². The van der Waals surface area contributed by atoms with E-state index in [0.717, 1.165) is 24.8 Å². The van der Waals surface area contributed by atoms with E-state index in [1.54, 1.807) is 0 Å². The van der Waals surface area contributed by atoms with Crippen molar-refractivity contribution < 1.29 is 0 Å². The third-order valence-corrected chi connectivity index (χ3v) is 3.60. The summed E-state index contributed by atoms with van der Waals surface area (Å²) >= 11 is 0. The van der Waals surface area contributed by atoms with Crippen LogP contribution in [0.2, 0.25) is 0 Å². The van der Waals surface area contributed by atoms with Gasteiger partial charge in [-0.2, -0.15) is 0 Å². The summed E-state index contributed by atoms with van der Waals surface area (Å²) in [6, 6.07) is 0. The van der Waals surface area contributed by atoms with E-state index in [-0.39, 0.29) is 0 Å². The summed E-state index contributed by atoms with van der Waals surface area (Å²) in [6.07, 6.45) is 5.03. The maximum atomic E-state index is 8.19. The zero-order valence-electron chi connectivity index (χ0n) is 10.6. The molecule has 0 aromatic heterocycles. The van der Waals surface area contributed by atoms with E-state index < -0.39 is 0 Å². The Kier molecular flexibility index (Phi) is 6.27. The maximum absolute atomic E-state index is 8.19. The molecule has 0 aromatic rings. The van der Waals surface area contributed by atoms with Crippen LogP contribution in [0.15, 0.2) is 5.11 Å². The summed E-state index contributed by atoms with van der Waals surface area (Å²) in [6.45, 7) is 8.84. The largest absolute Gasteiger partial charge is 0.303 e. The summed E-state index contributed by atoms with van der Waals surface area (Å²) in [7, 11) is 0. The lowest BCUT2D eigenvalue weighted by molar-refractivity contribution is 0.270. The van der Waals surface area contributed by atoms with Gasteiger partial charge in [-0.1, -0.05) is 19.0 Å². The second-order valence-electron chi connectivity index (χ2n) is 5.08. The molecule has 1 unspecified atom stereocenters. The molecule has 0 spiro atoms. The molecule has 1 heterocycles. The van der Waals surface area contributed by atoms with Crippen molar-refractivity contribution in [2.45, 2.75) is 39.5 Å². The highest BCUT2D eigenvalue weighted by Gasteiger charge is 2.18. The molecule has 0 aliphatic carbocycles. The second-order valence-corrected chi connectivity index (χ2v) is 5.08. The molecule has 1 aliphatic heterocycles. The molecule has 0 aromatic carbocycles. The number of hydrogen-bond acceptors (Lipinski definition) is 2. The number of azide groups is 1. The Labute approximate surface area is 98.6 Å². The summed E-state index contributed by atoms with van der Waals surface area (Å²) in [5, 5.41) is 3.58. The molecule has 0 radical (unpaired) electrons. The van der Waals surface area contributed by atoms with Gasteiger partial charge < -0.3 is 4.90 Å². The summed E-state index contributed by atoms with van der Waals surface area (Å²) in [5.41, 5.74) is 8.19. The highest BCUT2D eigenvalue weighted by Crippen LogP contribution is 2.24. The molecule has 0 saturated carbocycles. The van der Waals surface area contributed by atoms with Crippen molar-refractivity contribution in [3.63, 3.8) is 0 Å². The van der Waals surface area contributed by atoms with Gasteiger partial charge in [0.15, 0.2) is 0 Å². The molecule has 0 amide bonds. The number of rotatable bonds is 5. The molecule has 1 saturated heterocycles. The SMILES string of the molecule is CC(C)C1CCCN(CCCN=[N+]=[N-])CC1. The fraction of sp³-hybridized carbons (Fsp3) is 1.00. The lowest BCUT2D eigenvalue weighted by Gasteiger charge is -2.20. The third kappa shape index (κ3) is 4.86. The predicted molar refractivity (Wildman–Crippen MR) is 67.2 cm³/mol. The highest BCUT2D eigenvalue weighted by atomic mass is 15.1. The van der Waals surface area contributed by atoms with Gasteiger partial charge in [-0.3, -0.25) is 0 Å². The second kappa shape index (κ2) is 7.53. The van der Waals surface area contributed by atoms with Crippen molar-refractivity contribution in [2.24, 2.45) is 17.0 Å². The summed E-state index contributed by atoms with van der Waals surface area (Å²) in [4.78, 5) is 5.30. The van der Waals surface area contributed by atoms with Crippen molar-refractivity contribution in [3.8, 4) is 0 Å². The Morgan fingerprint density at radius 3 is 2.88 bits per heavy atom. The van der Waals surface area contributed by atoms with Crippen molar-refractivity contribution in [2.75, 3.05) is 26.2 Å². The van der Waals surface area contributed by atoms with Gasteiger partial charge in [0.1, 0.15) is 0 Å². The van der Waals surface area contributed by atoms with Gasteiger partial charge in [-0.15, -0.1) is 0 Å². The van der Waals surface area contributed by atoms with E-state index >= 15 is 0 Å². The first kappa shape index (κ1) is 13.3. The van der Waals surface area contributed by atoms with Gasteiger partial charge in [0, 0.05) is 11.5 Å². The van der Waals surface area contributed by atoms with Crippen LogP contribution in [0.25, 0.3) is 10.4 Å². The zero-order valence-corrected chi connectivity index (χ0v) is 10.6. The first-order valence-corrected chi connectivity index (χ1v) is 6.47. The highest BCUT2D eigenvalue weighted by molar-refractivity contribution is 4.72. The molecular weight excluding hydrogens is 200 g/mol.